The van der Waals surface area contributed by atoms with E-state index in [1.165, 1.54) is 12.1 Å². The van der Waals surface area contributed by atoms with Crippen molar-refractivity contribution in [1.82, 2.24) is 0 Å². The normalized spacial score (nSPS) is 10.2. The molecule has 2 heteroatoms. The highest BCUT2D eigenvalue weighted by Gasteiger charge is 2.05. The smallest absolute Gasteiger partial charge is 0.127 e. The summed E-state index contributed by atoms with van der Waals surface area (Å²) in [6, 6.07) is 14.3. The van der Waals surface area contributed by atoms with Crippen molar-refractivity contribution < 1.29 is 9.13 Å². The zero-order valence-corrected chi connectivity index (χ0v) is 9.82. The number of rotatable bonds is 4. The molecule has 0 aliphatic carbocycles. The summed E-state index contributed by atoms with van der Waals surface area (Å²) in [6.07, 6.45) is 0.970. The molecular formula is C15H15FO. The molecule has 1 nitrogen and oxygen atoms in total. The summed E-state index contributed by atoms with van der Waals surface area (Å²) in [4.78, 5) is 0. The first-order valence-corrected chi connectivity index (χ1v) is 5.79. The van der Waals surface area contributed by atoms with Gasteiger partial charge in [0.25, 0.3) is 0 Å². The fourth-order valence-corrected chi connectivity index (χ4v) is 1.67. The first-order chi connectivity index (χ1) is 8.31. The quantitative estimate of drug-likeness (QED) is 0.761. The van der Waals surface area contributed by atoms with Crippen LogP contribution in [0.5, 0.6) is 5.75 Å². The lowest BCUT2D eigenvalue weighted by atomic mass is 10.0. The fourth-order valence-electron chi connectivity index (χ4n) is 1.67. The number of hydrogen-bond acceptors (Lipinski definition) is 1. The van der Waals surface area contributed by atoms with Crippen LogP contribution in [0.2, 0.25) is 0 Å². The van der Waals surface area contributed by atoms with Crippen molar-refractivity contribution in [2.75, 3.05) is 6.61 Å². The average molecular weight is 230 g/mol. The van der Waals surface area contributed by atoms with Crippen LogP contribution in [0.15, 0.2) is 48.5 Å². The van der Waals surface area contributed by atoms with E-state index in [1.807, 2.05) is 24.3 Å². The molecule has 0 radical (unpaired) electrons. The van der Waals surface area contributed by atoms with Crippen LogP contribution in [0.4, 0.5) is 4.39 Å². The lowest BCUT2D eigenvalue weighted by Crippen LogP contribution is -1.96. The van der Waals surface area contributed by atoms with Gasteiger partial charge in [-0.1, -0.05) is 37.3 Å². The second kappa shape index (κ2) is 5.48. The third kappa shape index (κ3) is 2.84. The Morgan fingerprint density at radius 1 is 1.00 bits per heavy atom. The summed E-state index contributed by atoms with van der Waals surface area (Å²) in [6.45, 7) is 2.76. The zero-order valence-electron chi connectivity index (χ0n) is 9.82. The summed E-state index contributed by atoms with van der Waals surface area (Å²) >= 11 is 0. The van der Waals surface area contributed by atoms with Crippen molar-refractivity contribution >= 4 is 0 Å². The molecule has 2 rings (SSSR count). The zero-order chi connectivity index (χ0) is 12.1. The van der Waals surface area contributed by atoms with Gasteiger partial charge in [0, 0.05) is 5.56 Å². The number of halogens is 1. The second-order valence-electron chi connectivity index (χ2n) is 3.85. The van der Waals surface area contributed by atoms with E-state index in [1.54, 1.807) is 12.1 Å². The maximum absolute atomic E-state index is 12.9. The monoisotopic (exact) mass is 230 g/mol. The standard InChI is InChI=1S/C15H15FO/c1-2-11-17-15-6-4-3-5-14(15)12-7-9-13(16)10-8-12/h3-10H,2,11H2,1H3. The Kier molecular flexibility index (Phi) is 3.76. The lowest BCUT2D eigenvalue weighted by molar-refractivity contribution is 0.318. The first kappa shape index (κ1) is 11.6. The van der Waals surface area contributed by atoms with Gasteiger partial charge in [-0.2, -0.15) is 0 Å². The molecule has 0 aromatic heterocycles. The highest BCUT2D eigenvalue weighted by Crippen LogP contribution is 2.29. The van der Waals surface area contributed by atoms with Crippen LogP contribution in [0.25, 0.3) is 11.1 Å². The summed E-state index contributed by atoms with van der Waals surface area (Å²) in [5.41, 5.74) is 1.97. The van der Waals surface area contributed by atoms with Crippen LogP contribution >= 0.6 is 0 Å². The maximum atomic E-state index is 12.9. The number of para-hydroxylation sites is 1. The summed E-state index contributed by atoms with van der Waals surface area (Å²) < 4.78 is 18.6. The van der Waals surface area contributed by atoms with Gasteiger partial charge in [0.1, 0.15) is 11.6 Å². The molecular weight excluding hydrogens is 215 g/mol. The van der Waals surface area contributed by atoms with Crippen molar-refractivity contribution in [1.29, 1.82) is 0 Å². The van der Waals surface area contributed by atoms with Gasteiger partial charge >= 0.3 is 0 Å². The van der Waals surface area contributed by atoms with Crippen molar-refractivity contribution in [3.05, 3.63) is 54.3 Å². The topological polar surface area (TPSA) is 9.23 Å². The summed E-state index contributed by atoms with van der Waals surface area (Å²) in [5.74, 6) is 0.627. The van der Waals surface area contributed by atoms with Crippen LogP contribution in [-0.2, 0) is 0 Å². The van der Waals surface area contributed by atoms with Gasteiger partial charge in [0.2, 0.25) is 0 Å². The van der Waals surface area contributed by atoms with Gasteiger partial charge in [-0.15, -0.1) is 0 Å². The van der Waals surface area contributed by atoms with E-state index in [4.69, 9.17) is 4.74 Å². The predicted molar refractivity (Wildman–Crippen MR) is 67.6 cm³/mol. The fraction of sp³-hybridized carbons (Fsp3) is 0.200. The van der Waals surface area contributed by atoms with E-state index >= 15 is 0 Å². The minimum Gasteiger partial charge on any atom is -0.493 e. The van der Waals surface area contributed by atoms with E-state index in [9.17, 15) is 4.39 Å². The van der Waals surface area contributed by atoms with Gasteiger partial charge in [0.05, 0.1) is 6.61 Å². The highest BCUT2D eigenvalue weighted by atomic mass is 19.1. The Morgan fingerprint density at radius 3 is 2.41 bits per heavy atom. The molecule has 0 bridgehead atoms. The molecule has 0 spiro atoms. The predicted octanol–water partition coefficient (Wildman–Crippen LogP) is 4.28. The minimum atomic E-state index is -0.222. The molecule has 0 amide bonds. The van der Waals surface area contributed by atoms with E-state index in [0.29, 0.717) is 6.61 Å². The molecule has 88 valence electrons. The molecule has 0 unspecified atom stereocenters. The molecule has 0 atom stereocenters. The van der Waals surface area contributed by atoms with Gasteiger partial charge in [-0.25, -0.2) is 4.39 Å². The third-order valence-corrected chi connectivity index (χ3v) is 2.50. The van der Waals surface area contributed by atoms with Crippen molar-refractivity contribution in [3.8, 4) is 16.9 Å². The molecule has 0 heterocycles. The van der Waals surface area contributed by atoms with Crippen molar-refractivity contribution in [2.24, 2.45) is 0 Å². The molecule has 2 aromatic carbocycles. The molecule has 2 aromatic rings. The Labute approximate surface area is 101 Å². The van der Waals surface area contributed by atoms with Crippen molar-refractivity contribution in [2.45, 2.75) is 13.3 Å². The van der Waals surface area contributed by atoms with E-state index in [2.05, 4.69) is 6.92 Å². The maximum Gasteiger partial charge on any atom is 0.127 e. The van der Waals surface area contributed by atoms with E-state index in [0.717, 1.165) is 23.3 Å². The SMILES string of the molecule is CCCOc1ccccc1-c1ccc(F)cc1. The van der Waals surface area contributed by atoms with Gasteiger partial charge < -0.3 is 4.74 Å². The third-order valence-electron chi connectivity index (χ3n) is 2.50. The Balaban J connectivity index is 2.33. The Hall–Kier alpha value is -1.83. The van der Waals surface area contributed by atoms with Crippen LogP contribution in [0.3, 0.4) is 0 Å². The minimum absolute atomic E-state index is 0.222. The van der Waals surface area contributed by atoms with Crippen LogP contribution in [0.1, 0.15) is 13.3 Å². The van der Waals surface area contributed by atoms with Gasteiger partial charge in [-0.05, 0) is 30.2 Å². The first-order valence-electron chi connectivity index (χ1n) is 5.79. The Morgan fingerprint density at radius 2 is 1.71 bits per heavy atom. The number of hydrogen-bond donors (Lipinski definition) is 0. The summed E-state index contributed by atoms with van der Waals surface area (Å²) in [7, 11) is 0. The molecule has 17 heavy (non-hydrogen) atoms. The van der Waals surface area contributed by atoms with Crippen LogP contribution in [0, 0.1) is 5.82 Å². The second-order valence-corrected chi connectivity index (χ2v) is 3.85. The van der Waals surface area contributed by atoms with Gasteiger partial charge in [-0.3, -0.25) is 0 Å². The summed E-state index contributed by atoms with van der Waals surface area (Å²) in [5, 5.41) is 0. The molecule has 0 fully saturated rings. The highest BCUT2D eigenvalue weighted by molar-refractivity contribution is 5.70. The number of benzene rings is 2. The molecule has 0 aliphatic rings. The van der Waals surface area contributed by atoms with E-state index in [-0.39, 0.29) is 5.82 Å². The molecule has 0 saturated heterocycles. The largest absolute Gasteiger partial charge is 0.493 e. The van der Waals surface area contributed by atoms with Gasteiger partial charge in [0.15, 0.2) is 0 Å². The molecule has 0 N–H and O–H groups in total. The lowest BCUT2D eigenvalue weighted by Gasteiger charge is -2.10. The van der Waals surface area contributed by atoms with Crippen molar-refractivity contribution in [3.63, 3.8) is 0 Å². The molecule has 0 aliphatic heterocycles. The van der Waals surface area contributed by atoms with E-state index < -0.39 is 0 Å². The van der Waals surface area contributed by atoms with Crippen LogP contribution in [-0.4, -0.2) is 6.61 Å². The Bertz CT molecular complexity index is 477. The average Bonchev–Trinajstić information content (AvgIpc) is 2.38. The number of ether oxygens (including phenoxy) is 1. The molecule has 0 saturated carbocycles. The van der Waals surface area contributed by atoms with Crippen LogP contribution < -0.4 is 4.74 Å².